The predicted molar refractivity (Wildman–Crippen MR) is 79.4 cm³/mol. The minimum atomic E-state index is -4.29. The van der Waals surface area contributed by atoms with Crippen molar-refractivity contribution in [1.29, 1.82) is 0 Å². The van der Waals surface area contributed by atoms with Gasteiger partial charge in [0.05, 0.1) is 5.88 Å². The van der Waals surface area contributed by atoms with E-state index in [2.05, 4.69) is 4.98 Å². The number of aromatic nitrogens is 1. The summed E-state index contributed by atoms with van der Waals surface area (Å²) in [4.78, 5) is 14.3. The highest BCUT2D eigenvalue weighted by molar-refractivity contribution is 6.19. The number of alkyl halides is 4. The molecule has 0 amide bonds. The first kappa shape index (κ1) is 17.9. The van der Waals surface area contributed by atoms with Crippen molar-refractivity contribution in [2.45, 2.75) is 12.3 Å². The van der Waals surface area contributed by atoms with Gasteiger partial charge in [0, 0.05) is 12.3 Å². The molecule has 0 aliphatic carbocycles. The second-order valence-corrected chi connectivity index (χ2v) is 4.83. The Morgan fingerprint density at radius 3 is 2.46 bits per heavy atom. The van der Waals surface area contributed by atoms with E-state index in [1.54, 1.807) is 18.2 Å². The van der Waals surface area contributed by atoms with E-state index in [1.165, 1.54) is 18.3 Å². The van der Waals surface area contributed by atoms with Crippen LogP contribution < -0.4 is 4.74 Å². The SMILES string of the molecule is FC(F)(F)c1cc2ccc1o2.O=C(O)C(CCl)Oc1ccccn1. The Morgan fingerprint density at radius 2 is 2.08 bits per heavy atom. The van der Waals surface area contributed by atoms with Gasteiger partial charge in [-0.15, -0.1) is 11.6 Å². The van der Waals surface area contributed by atoms with E-state index >= 15 is 0 Å². The molecule has 0 saturated carbocycles. The molecule has 9 heteroatoms. The van der Waals surface area contributed by atoms with Crippen LogP contribution in [0.25, 0.3) is 11.2 Å². The molecule has 0 spiro atoms. The van der Waals surface area contributed by atoms with Gasteiger partial charge in [-0.25, -0.2) is 9.78 Å². The van der Waals surface area contributed by atoms with Crippen molar-refractivity contribution in [3.63, 3.8) is 0 Å². The van der Waals surface area contributed by atoms with Gasteiger partial charge in [-0.2, -0.15) is 13.2 Å². The number of pyridine rings is 1. The molecular formula is C15H11ClF3NO4. The number of ether oxygens (including phenoxy) is 1. The van der Waals surface area contributed by atoms with Crippen molar-refractivity contribution in [1.82, 2.24) is 4.98 Å². The first-order valence-corrected chi connectivity index (χ1v) is 7.10. The molecule has 0 aliphatic rings. The van der Waals surface area contributed by atoms with Gasteiger partial charge in [0.15, 0.2) is 0 Å². The molecule has 0 radical (unpaired) electrons. The van der Waals surface area contributed by atoms with Crippen molar-refractivity contribution in [2.75, 3.05) is 5.88 Å². The summed E-state index contributed by atoms with van der Waals surface area (Å²) in [7, 11) is 0. The number of fused-ring (bicyclic) bond motifs is 2. The second kappa shape index (κ2) is 7.39. The molecule has 0 aromatic carbocycles. The normalized spacial score (nSPS) is 12.5. The Kier molecular flexibility index (Phi) is 5.50. The zero-order valence-electron chi connectivity index (χ0n) is 12.0. The van der Waals surface area contributed by atoms with Crippen LogP contribution in [0, 0.1) is 0 Å². The van der Waals surface area contributed by atoms with Crippen LogP contribution in [0.3, 0.4) is 0 Å². The van der Waals surface area contributed by atoms with E-state index < -0.39 is 23.8 Å². The lowest BCUT2D eigenvalue weighted by molar-refractivity contribution is -0.144. The van der Waals surface area contributed by atoms with Crippen molar-refractivity contribution in [2.24, 2.45) is 0 Å². The van der Waals surface area contributed by atoms with E-state index in [9.17, 15) is 18.0 Å². The highest BCUT2D eigenvalue weighted by Crippen LogP contribution is 2.36. The minimum Gasteiger partial charge on any atom is -0.478 e. The van der Waals surface area contributed by atoms with Crippen LogP contribution in [0.2, 0.25) is 0 Å². The van der Waals surface area contributed by atoms with Crippen molar-refractivity contribution >= 4 is 28.7 Å². The smallest absolute Gasteiger partial charge is 0.420 e. The number of carboxylic acid groups (broad SMARTS) is 1. The molecule has 3 heterocycles. The number of hydrogen-bond donors (Lipinski definition) is 1. The molecule has 3 rings (SSSR count). The van der Waals surface area contributed by atoms with Crippen LogP contribution in [0.15, 0.2) is 47.0 Å². The average molecular weight is 362 g/mol. The fourth-order valence-corrected chi connectivity index (χ4v) is 1.92. The van der Waals surface area contributed by atoms with E-state index in [0.717, 1.165) is 6.07 Å². The number of hydrogen-bond acceptors (Lipinski definition) is 4. The van der Waals surface area contributed by atoms with Crippen LogP contribution in [-0.2, 0) is 11.0 Å². The molecule has 128 valence electrons. The molecule has 1 atom stereocenters. The molecule has 24 heavy (non-hydrogen) atoms. The molecular weight excluding hydrogens is 351 g/mol. The Hall–Kier alpha value is -2.48. The Labute approximate surface area is 138 Å². The molecule has 3 aromatic heterocycles. The number of furan rings is 2. The summed E-state index contributed by atoms with van der Waals surface area (Å²) in [5.74, 6) is -0.942. The minimum absolute atomic E-state index is 0.0903. The maximum Gasteiger partial charge on any atom is 0.420 e. The van der Waals surface area contributed by atoms with Gasteiger partial charge < -0.3 is 14.3 Å². The zero-order valence-corrected chi connectivity index (χ0v) is 12.7. The van der Waals surface area contributed by atoms with E-state index in [4.69, 9.17) is 25.9 Å². The van der Waals surface area contributed by atoms with Crippen molar-refractivity contribution in [3.05, 3.63) is 48.2 Å². The molecule has 1 unspecified atom stereocenters. The molecule has 5 nitrogen and oxygen atoms in total. The first-order valence-electron chi connectivity index (χ1n) is 6.57. The van der Waals surface area contributed by atoms with Gasteiger partial charge in [0.25, 0.3) is 0 Å². The third-order valence-electron chi connectivity index (χ3n) is 2.80. The fraction of sp³-hybridized carbons (Fsp3) is 0.200. The first-order chi connectivity index (χ1) is 11.3. The number of nitrogens with zero attached hydrogens (tertiary/aromatic N) is 1. The number of aliphatic carboxylic acids is 1. The Bertz CT molecular complexity index is 775. The van der Waals surface area contributed by atoms with Crippen molar-refractivity contribution < 1.29 is 32.2 Å². The van der Waals surface area contributed by atoms with Gasteiger partial charge >= 0.3 is 12.1 Å². The van der Waals surface area contributed by atoms with Crippen molar-refractivity contribution in [3.8, 4) is 5.88 Å². The zero-order chi connectivity index (χ0) is 17.7. The monoisotopic (exact) mass is 361 g/mol. The standard InChI is InChI=1S/C8H8ClNO3.C7H3F3O/c9-5-6(8(11)12)13-7-3-1-2-4-10-7;8-7(9,10)5-3-4-1-2-6(5)11-4/h1-4,6H,5H2,(H,11,12);1-3H. The van der Waals surface area contributed by atoms with Gasteiger partial charge in [0.2, 0.25) is 12.0 Å². The summed E-state index contributed by atoms with van der Waals surface area (Å²) >= 11 is 5.38. The van der Waals surface area contributed by atoms with Gasteiger partial charge in [-0.3, -0.25) is 0 Å². The highest BCUT2D eigenvalue weighted by Gasteiger charge is 2.34. The summed E-state index contributed by atoms with van der Waals surface area (Å²) in [6.45, 7) is 0. The highest BCUT2D eigenvalue weighted by atomic mass is 35.5. The maximum atomic E-state index is 12.0. The lowest BCUT2D eigenvalue weighted by Gasteiger charge is -2.10. The summed E-state index contributed by atoms with van der Waals surface area (Å²) < 4.78 is 45.7. The van der Waals surface area contributed by atoms with Gasteiger partial charge in [-0.05, 0) is 24.3 Å². The number of benzene rings is 1. The third kappa shape index (κ3) is 4.51. The number of halogens is 4. The summed E-state index contributed by atoms with van der Waals surface area (Å²) in [5, 5.41) is 8.60. The van der Waals surface area contributed by atoms with E-state index in [1.807, 2.05) is 0 Å². The largest absolute Gasteiger partial charge is 0.478 e. The molecule has 0 aliphatic heterocycles. The van der Waals surface area contributed by atoms with Crippen LogP contribution in [0.1, 0.15) is 5.56 Å². The quantitative estimate of drug-likeness (QED) is 0.710. The van der Waals surface area contributed by atoms with E-state index in [-0.39, 0.29) is 22.9 Å². The predicted octanol–water partition coefficient (Wildman–Crippen LogP) is 4.04. The topological polar surface area (TPSA) is 72.6 Å². The fourth-order valence-electron chi connectivity index (χ4n) is 1.72. The van der Waals surface area contributed by atoms with Gasteiger partial charge in [0.1, 0.15) is 16.7 Å². The summed E-state index contributed by atoms with van der Waals surface area (Å²) in [5.41, 5.74) is -0.505. The Balaban J connectivity index is 0.000000175. The lowest BCUT2D eigenvalue weighted by atomic mass is 10.2. The lowest BCUT2D eigenvalue weighted by Crippen LogP contribution is -2.28. The second-order valence-electron chi connectivity index (χ2n) is 4.52. The number of carboxylic acids is 1. The van der Waals surface area contributed by atoms with Crippen LogP contribution in [0.4, 0.5) is 13.2 Å². The maximum absolute atomic E-state index is 12.0. The average Bonchev–Trinajstić information content (AvgIpc) is 3.16. The van der Waals surface area contributed by atoms with Crippen LogP contribution in [-0.4, -0.2) is 28.0 Å². The molecule has 1 N–H and O–H groups in total. The van der Waals surface area contributed by atoms with Gasteiger partial charge in [-0.1, -0.05) is 6.07 Å². The Morgan fingerprint density at radius 1 is 1.33 bits per heavy atom. The molecule has 2 bridgehead atoms. The number of carbonyl (C=O) groups is 1. The van der Waals surface area contributed by atoms with E-state index in [0.29, 0.717) is 0 Å². The molecule has 3 aromatic rings. The summed E-state index contributed by atoms with van der Waals surface area (Å²) in [6, 6.07) is 8.80. The van der Waals surface area contributed by atoms with Crippen LogP contribution in [0.5, 0.6) is 5.88 Å². The number of rotatable bonds is 4. The van der Waals surface area contributed by atoms with Crippen LogP contribution >= 0.6 is 11.6 Å². The molecule has 0 fully saturated rings. The molecule has 0 saturated heterocycles. The summed E-state index contributed by atoms with van der Waals surface area (Å²) in [6.07, 6.45) is -3.82. The third-order valence-corrected chi connectivity index (χ3v) is 3.08.